The molecule has 1 unspecified atom stereocenters. The van der Waals surface area contributed by atoms with Crippen LogP contribution >= 0.6 is 0 Å². The fourth-order valence-electron chi connectivity index (χ4n) is 2.62. The van der Waals surface area contributed by atoms with Crippen molar-refractivity contribution in [2.45, 2.75) is 51.7 Å². The largest absolute Gasteiger partial charge is 0.356 e. The predicted molar refractivity (Wildman–Crippen MR) is 58.2 cm³/mol. The minimum absolute atomic E-state index is 0.0167. The fraction of sp³-hybridized carbons (Fsp3) is 1.00. The lowest BCUT2D eigenvalue weighted by atomic mass is 9.83. The van der Waals surface area contributed by atoms with E-state index >= 15 is 0 Å². The Morgan fingerprint density at radius 1 is 1.07 bits per heavy atom. The fourth-order valence-corrected chi connectivity index (χ4v) is 2.62. The standard InChI is InChI=1S/C12H24O2/c1-10(12(13-2)14-3)9-11-7-5-4-6-8-11/h10-12H,4-9H2,1-3H3. The molecule has 0 aromatic carbocycles. The van der Waals surface area contributed by atoms with E-state index in [9.17, 15) is 0 Å². The number of hydrogen-bond donors (Lipinski definition) is 0. The van der Waals surface area contributed by atoms with Gasteiger partial charge >= 0.3 is 0 Å². The van der Waals surface area contributed by atoms with Gasteiger partial charge in [-0.05, 0) is 12.3 Å². The summed E-state index contributed by atoms with van der Waals surface area (Å²) in [5.74, 6) is 1.43. The van der Waals surface area contributed by atoms with Crippen molar-refractivity contribution in [2.75, 3.05) is 14.2 Å². The third-order valence-corrected chi connectivity index (χ3v) is 3.36. The Bertz CT molecular complexity index is 137. The summed E-state index contributed by atoms with van der Waals surface area (Å²) in [4.78, 5) is 0. The normalized spacial score (nSPS) is 21.4. The van der Waals surface area contributed by atoms with Crippen molar-refractivity contribution >= 4 is 0 Å². The Hall–Kier alpha value is -0.0800. The van der Waals surface area contributed by atoms with Crippen LogP contribution in [0.25, 0.3) is 0 Å². The van der Waals surface area contributed by atoms with E-state index < -0.39 is 0 Å². The van der Waals surface area contributed by atoms with Crippen molar-refractivity contribution in [1.29, 1.82) is 0 Å². The molecule has 0 aromatic rings. The lowest BCUT2D eigenvalue weighted by Gasteiger charge is -2.28. The van der Waals surface area contributed by atoms with Crippen LogP contribution in [0.15, 0.2) is 0 Å². The van der Waals surface area contributed by atoms with E-state index in [4.69, 9.17) is 9.47 Å². The lowest BCUT2D eigenvalue weighted by molar-refractivity contribution is -0.137. The second-order valence-electron chi connectivity index (χ2n) is 4.56. The summed E-state index contributed by atoms with van der Waals surface area (Å²) < 4.78 is 10.6. The van der Waals surface area contributed by atoms with E-state index in [-0.39, 0.29) is 6.29 Å². The Balaban J connectivity index is 2.26. The summed E-state index contributed by atoms with van der Waals surface area (Å²) in [5, 5.41) is 0. The van der Waals surface area contributed by atoms with Crippen molar-refractivity contribution in [3.8, 4) is 0 Å². The third kappa shape index (κ3) is 3.58. The van der Waals surface area contributed by atoms with Gasteiger partial charge in [0.1, 0.15) is 0 Å². The molecule has 1 aliphatic carbocycles. The van der Waals surface area contributed by atoms with Crippen LogP contribution < -0.4 is 0 Å². The maximum atomic E-state index is 5.28. The summed E-state index contributed by atoms with van der Waals surface area (Å²) in [6.45, 7) is 2.23. The Morgan fingerprint density at radius 2 is 1.64 bits per heavy atom. The summed E-state index contributed by atoms with van der Waals surface area (Å²) in [7, 11) is 3.46. The van der Waals surface area contributed by atoms with Crippen LogP contribution in [-0.2, 0) is 9.47 Å². The molecule has 2 nitrogen and oxygen atoms in total. The minimum Gasteiger partial charge on any atom is -0.356 e. The van der Waals surface area contributed by atoms with Crippen molar-refractivity contribution in [2.24, 2.45) is 11.8 Å². The van der Waals surface area contributed by atoms with Crippen LogP contribution in [0.3, 0.4) is 0 Å². The predicted octanol–water partition coefficient (Wildman–Crippen LogP) is 3.21. The average Bonchev–Trinajstić information content (AvgIpc) is 2.21. The minimum atomic E-state index is -0.0167. The molecule has 14 heavy (non-hydrogen) atoms. The van der Waals surface area contributed by atoms with Crippen LogP contribution in [0.5, 0.6) is 0 Å². The summed E-state index contributed by atoms with van der Waals surface area (Å²) in [6.07, 6.45) is 8.32. The van der Waals surface area contributed by atoms with Gasteiger partial charge in [-0.1, -0.05) is 39.0 Å². The molecule has 0 aromatic heterocycles. The van der Waals surface area contributed by atoms with Crippen LogP contribution in [0.2, 0.25) is 0 Å². The maximum Gasteiger partial charge on any atom is 0.159 e. The van der Waals surface area contributed by atoms with Gasteiger partial charge in [-0.15, -0.1) is 0 Å². The first-order valence-corrected chi connectivity index (χ1v) is 5.83. The number of hydrogen-bond acceptors (Lipinski definition) is 2. The molecule has 2 heteroatoms. The zero-order chi connectivity index (χ0) is 10.4. The van der Waals surface area contributed by atoms with Crippen LogP contribution in [0, 0.1) is 11.8 Å². The van der Waals surface area contributed by atoms with Gasteiger partial charge in [0.15, 0.2) is 6.29 Å². The van der Waals surface area contributed by atoms with Gasteiger partial charge in [-0.2, -0.15) is 0 Å². The Morgan fingerprint density at radius 3 is 2.14 bits per heavy atom. The monoisotopic (exact) mass is 200 g/mol. The van der Waals surface area contributed by atoms with E-state index in [2.05, 4.69) is 6.92 Å². The summed E-state index contributed by atoms with van der Waals surface area (Å²) in [5.41, 5.74) is 0. The number of rotatable bonds is 5. The molecule has 0 heterocycles. The molecule has 1 rings (SSSR count). The van der Waals surface area contributed by atoms with Gasteiger partial charge in [0.05, 0.1) is 0 Å². The van der Waals surface area contributed by atoms with Crippen molar-refractivity contribution in [3.63, 3.8) is 0 Å². The molecule has 0 saturated heterocycles. The zero-order valence-electron chi connectivity index (χ0n) is 9.79. The third-order valence-electron chi connectivity index (χ3n) is 3.36. The van der Waals surface area contributed by atoms with Crippen LogP contribution in [0.4, 0.5) is 0 Å². The van der Waals surface area contributed by atoms with Gasteiger partial charge in [0, 0.05) is 20.1 Å². The van der Waals surface area contributed by atoms with Crippen molar-refractivity contribution in [3.05, 3.63) is 0 Å². The van der Waals surface area contributed by atoms with Gasteiger partial charge in [-0.25, -0.2) is 0 Å². The molecule has 84 valence electrons. The highest BCUT2D eigenvalue weighted by Crippen LogP contribution is 2.30. The van der Waals surface area contributed by atoms with Gasteiger partial charge < -0.3 is 9.47 Å². The number of ether oxygens (including phenoxy) is 2. The van der Waals surface area contributed by atoms with Crippen molar-refractivity contribution < 1.29 is 9.47 Å². The molecular weight excluding hydrogens is 176 g/mol. The van der Waals surface area contributed by atoms with Crippen LogP contribution in [0.1, 0.15) is 45.4 Å². The molecule has 0 radical (unpaired) electrons. The van der Waals surface area contributed by atoms with Crippen molar-refractivity contribution in [1.82, 2.24) is 0 Å². The first-order chi connectivity index (χ1) is 6.77. The highest BCUT2D eigenvalue weighted by Gasteiger charge is 2.21. The molecule has 0 amide bonds. The SMILES string of the molecule is COC(OC)C(C)CC1CCCCC1. The van der Waals surface area contributed by atoms with E-state index in [0.29, 0.717) is 5.92 Å². The molecule has 1 saturated carbocycles. The molecule has 1 fully saturated rings. The number of methoxy groups -OCH3 is 2. The van der Waals surface area contributed by atoms with E-state index in [0.717, 1.165) is 5.92 Å². The van der Waals surface area contributed by atoms with E-state index in [1.165, 1.54) is 38.5 Å². The summed E-state index contributed by atoms with van der Waals surface area (Å²) in [6, 6.07) is 0. The smallest absolute Gasteiger partial charge is 0.159 e. The highest BCUT2D eigenvalue weighted by atomic mass is 16.7. The molecule has 0 aliphatic heterocycles. The lowest BCUT2D eigenvalue weighted by Crippen LogP contribution is -2.25. The molecule has 0 bridgehead atoms. The summed E-state index contributed by atoms with van der Waals surface area (Å²) >= 11 is 0. The first-order valence-electron chi connectivity index (χ1n) is 5.83. The Labute approximate surface area is 88.0 Å². The average molecular weight is 200 g/mol. The molecule has 1 aliphatic rings. The zero-order valence-corrected chi connectivity index (χ0v) is 9.79. The second kappa shape index (κ2) is 6.41. The topological polar surface area (TPSA) is 18.5 Å². The molecular formula is C12H24O2. The Kier molecular flexibility index (Phi) is 5.49. The van der Waals surface area contributed by atoms with Crippen LogP contribution in [-0.4, -0.2) is 20.5 Å². The second-order valence-corrected chi connectivity index (χ2v) is 4.56. The highest BCUT2D eigenvalue weighted by molar-refractivity contribution is 4.70. The molecule has 1 atom stereocenters. The maximum absolute atomic E-state index is 5.28. The van der Waals surface area contributed by atoms with Gasteiger partial charge in [0.2, 0.25) is 0 Å². The van der Waals surface area contributed by atoms with Gasteiger partial charge in [-0.3, -0.25) is 0 Å². The quantitative estimate of drug-likeness (QED) is 0.634. The van der Waals surface area contributed by atoms with E-state index in [1.54, 1.807) is 14.2 Å². The molecule has 0 spiro atoms. The first kappa shape index (κ1) is 12.0. The molecule has 0 N–H and O–H groups in total. The van der Waals surface area contributed by atoms with Gasteiger partial charge in [0.25, 0.3) is 0 Å². The van der Waals surface area contributed by atoms with E-state index in [1.807, 2.05) is 0 Å².